The summed E-state index contributed by atoms with van der Waals surface area (Å²) in [6.45, 7) is 13.2. The first-order chi connectivity index (χ1) is 9.89. The Morgan fingerprint density at radius 3 is 2.62 bits per heavy atom. The number of nitrogens with one attached hydrogen (secondary N) is 1. The lowest BCUT2D eigenvalue weighted by atomic mass is 9.88. The zero-order valence-corrected chi connectivity index (χ0v) is 14.5. The highest BCUT2D eigenvalue weighted by Crippen LogP contribution is 2.23. The summed E-state index contributed by atoms with van der Waals surface area (Å²) in [5, 5.41) is 3.31. The van der Waals surface area contributed by atoms with E-state index in [1.54, 1.807) is 0 Å². The number of likely N-dealkylation sites (tertiary alicyclic amines) is 1. The Morgan fingerprint density at radius 1 is 1.33 bits per heavy atom. The molecule has 3 unspecified atom stereocenters. The van der Waals surface area contributed by atoms with Gasteiger partial charge in [-0.05, 0) is 70.5 Å². The first-order valence-corrected chi connectivity index (χ1v) is 8.66. The molecule has 124 valence electrons. The van der Waals surface area contributed by atoms with E-state index < -0.39 is 5.54 Å². The molecule has 1 rings (SSSR count). The summed E-state index contributed by atoms with van der Waals surface area (Å²) in [7, 11) is 0. The van der Waals surface area contributed by atoms with Crippen LogP contribution in [0.5, 0.6) is 0 Å². The highest BCUT2D eigenvalue weighted by atomic mass is 16.1. The van der Waals surface area contributed by atoms with Gasteiger partial charge in [-0.2, -0.15) is 0 Å². The normalized spacial score (nSPS) is 26.5. The van der Waals surface area contributed by atoms with Crippen LogP contribution in [-0.2, 0) is 4.79 Å². The minimum Gasteiger partial charge on any atom is -0.368 e. The van der Waals surface area contributed by atoms with Crippen molar-refractivity contribution in [2.24, 2.45) is 17.6 Å². The van der Waals surface area contributed by atoms with Gasteiger partial charge in [-0.25, -0.2) is 0 Å². The summed E-state index contributed by atoms with van der Waals surface area (Å²) < 4.78 is 0. The molecular formula is C17H35N3O. The van der Waals surface area contributed by atoms with Crippen molar-refractivity contribution in [1.82, 2.24) is 10.2 Å². The summed E-state index contributed by atoms with van der Waals surface area (Å²) in [5.41, 5.74) is 5.02. The van der Waals surface area contributed by atoms with Crippen LogP contribution in [-0.4, -0.2) is 42.5 Å². The van der Waals surface area contributed by atoms with Gasteiger partial charge < -0.3 is 16.0 Å². The van der Waals surface area contributed by atoms with Crippen molar-refractivity contribution >= 4 is 5.91 Å². The van der Waals surface area contributed by atoms with Crippen LogP contribution < -0.4 is 11.1 Å². The number of hydrogen-bond acceptors (Lipinski definition) is 3. The first kappa shape index (κ1) is 18.4. The molecule has 0 aromatic carbocycles. The summed E-state index contributed by atoms with van der Waals surface area (Å²) >= 11 is 0. The molecule has 21 heavy (non-hydrogen) atoms. The molecule has 3 N–H and O–H groups in total. The van der Waals surface area contributed by atoms with E-state index in [2.05, 4.69) is 31.0 Å². The van der Waals surface area contributed by atoms with Crippen molar-refractivity contribution in [2.45, 2.75) is 65.3 Å². The molecule has 0 bridgehead atoms. The fourth-order valence-electron chi connectivity index (χ4n) is 3.07. The smallest absolute Gasteiger partial charge is 0.237 e. The van der Waals surface area contributed by atoms with Crippen LogP contribution in [0.15, 0.2) is 0 Å². The standard InChI is InChI=1S/C17H35N3O/c1-5-10-19-17(4,16(18)21)9-6-7-11-20-12-8-14(2)15(3)13-20/h14-15,19H,5-13H2,1-4H3,(H2,18,21). The molecule has 1 saturated heterocycles. The Bertz CT molecular complexity index is 321. The Kier molecular flexibility index (Phi) is 7.67. The quantitative estimate of drug-likeness (QED) is 0.642. The SMILES string of the molecule is CCCNC(C)(CCCCN1CCC(C)C(C)C1)C(N)=O. The Labute approximate surface area is 130 Å². The maximum Gasteiger partial charge on any atom is 0.237 e. The zero-order valence-electron chi connectivity index (χ0n) is 14.5. The molecule has 1 heterocycles. The maximum absolute atomic E-state index is 11.7. The van der Waals surface area contributed by atoms with Gasteiger partial charge in [0, 0.05) is 6.54 Å². The third-order valence-corrected chi connectivity index (χ3v) is 5.13. The minimum atomic E-state index is -0.542. The number of amides is 1. The molecule has 1 aliphatic heterocycles. The second-order valence-electron chi connectivity index (χ2n) is 7.12. The molecule has 4 heteroatoms. The fourth-order valence-corrected chi connectivity index (χ4v) is 3.07. The Hall–Kier alpha value is -0.610. The van der Waals surface area contributed by atoms with Crippen molar-refractivity contribution in [2.75, 3.05) is 26.2 Å². The third kappa shape index (κ3) is 5.95. The average Bonchev–Trinajstić information content (AvgIpc) is 2.45. The lowest BCUT2D eigenvalue weighted by molar-refractivity contribution is -0.124. The number of piperidine rings is 1. The van der Waals surface area contributed by atoms with Gasteiger partial charge in [0.05, 0.1) is 5.54 Å². The van der Waals surface area contributed by atoms with E-state index in [9.17, 15) is 4.79 Å². The first-order valence-electron chi connectivity index (χ1n) is 8.66. The number of unbranched alkanes of at least 4 members (excludes halogenated alkanes) is 1. The van der Waals surface area contributed by atoms with Crippen LogP contribution in [0.3, 0.4) is 0 Å². The number of carbonyl (C=O) groups excluding carboxylic acids is 1. The fraction of sp³-hybridized carbons (Fsp3) is 0.941. The van der Waals surface area contributed by atoms with Crippen molar-refractivity contribution in [3.63, 3.8) is 0 Å². The molecule has 1 fully saturated rings. The van der Waals surface area contributed by atoms with Gasteiger partial charge in [-0.3, -0.25) is 4.79 Å². The number of hydrogen-bond donors (Lipinski definition) is 2. The zero-order chi connectivity index (χ0) is 15.9. The van der Waals surface area contributed by atoms with Crippen LogP contribution in [0.1, 0.15) is 59.8 Å². The highest BCUT2D eigenvalue weighted by Gasteiger charge is 2.29. The third-order valence-electron chi connectivity index (χ3n) is 5.13. The van der Waals surface area contributed by atoms with Crippen molar-refractivity contribution in [3.05, 3.63) is 0 Å². The molecule has 1 amide bonds. The van der Waals surface area contributed by atoms with Crippen molar-refractivity contribution in [1.29, 1.82) is 0 Å². The van der Waals surface area contributed by atoms with Crippen LogP contribution >= 0.6 is 0 Å². The molecule has 4 nitrogen and oxygen atoms in total. The van der Waals surface area contributed by atoms with Crippen LogP contribution in [0.25, 0.3) is 0 Å². The average molecular weight is 297 g/mol. The van der Waals surface area contributed by atoms with Crippen LogP contribution in [0.4, 0.5) is 0 Å². The number of carbonyl (C=O) groups is 1. The molecule has 1 aliphatic rings. The van der Waals surface area contributed by atoms with Crippen LogP contribution in [0, 0.1) is 11.8 Å². The molecule has 0 aromatic heterocycles. The van der Waals surface area contributed by atoms with Gasteiger partial charge in [0.1, 0.15) is 0 Å². The largest absolute Gasteiger partial charge is 0.368 e. The van der Waals surface area contributed by atoms with E-state index in [-0.39, 0.29) is 5.91 Å². The molecule has 0 aliphatic carbocycles. The van der Waals surface area contributed by atoms with Gasteiger partial charge in [-0.15, -0.1) is 0 Å². The molecule has 0 radical (unpaired) electrons. The van der Waals surface area contributed by atoms with Crippen molar-refractivity contribution < 1.29 is 4.79 Å². The van der Waals surface area contributed by atoms with E-state index in [1.807, 2.05) is 6.92 Å². The summed E-state index contributed by atoms with van der Waals surface area (Å²) in [6.07, 6.45) is 5.38. The van der Waals surface area contributed by atoms with Gasteiger partial charge in [0.15, 0.2) is 0 Å². The van der Waals surface area contributed by atoms with E-state index in [0.29, 0.717) is 0 Å². The maximum atomic E-state index is 11.7. The topological polar surface area (TPSA) is 58.4 Å². The molecule has 0 aromatic rings. The van der Waals surface area contributed by atoms with E-state index in [4.69, 9.17) is 5.73 Å². The second kappa shape index (κ2) is 8.74. The predicted molar refractivity (Wildman–Crippen MR) is 89.1 cm³/mol. The second-order valence-corrected chi connectivity index (χ2v) is 7.12. The minimum absolute atomic E-state index is 0.226. The van der Waals surface area contributed by atoms with Crippen LogP contribution in [0.2, 0.25) is 0 Å². The van der Waals surface area contributed by atoms with E-state index in [1.165, 1.54) is 19.5 Å². The van der Waals surface area contributed by atoms with Crippen molar-refractivity contribution in [3.8, 4) is 0 Å². The van der Waals surface area contributed by atoms with E-state index in [0.717, 1.165) is 50.6 Å². The Balaban J connectivity index is 2.27. The van der Waals surface area contributed by atoms with Gasteiger partial charge >= 0.3 is 0 Å². The lowest BCUT2D eigenvalue weighted by Crippen LogP contribution is -2.53. The number of nitrogens with two attached hydrogens (primary N) is 1. The van der Waals surface area contributed by atoms with Gasteiger partial charge in [0.25, 0.3) is 0 Å². The summed E-state index contributed by atoms with van der Waals surface area (Å²) in [5.74, 6) is 1.44. The van der Waals surface area contributed by atoms with Gasteiger partial charge in [0.2, 0.25) is 5.91 Å². The summed E-state index contributed by atoms with van der Waals surface area (Å²) in [4.78, 5) is 14.2. The van der Waals surface area contributed by atoms with Gasteiger partial charge in [-0.1, -0.05) is 20.8 Å². The lowest BCUT2D eigenvalue weighted by Gasteiger charge is -2.35. The number of rotatable bonds is 9. The number of primary amides is 1. The van der Waals surface area contributed by atoms with E-state index >= 15 is 0 Å². The predicted octanol–water partition coefficient (Wildman–Crippen LogP) is 2.38. The number of nitrogens with zero attached hydrogens (tertiary/aromatic N) is 1. The Morgan fingerprint density at radius 2 is 2.05 bits per heavy atom. The molecule has 3 atom stereocenters. The molecule has 0 saturated carbocycles. The summed E-state index contributed by atoms with van der Waals surface area (Å²) in [6, 6.07) is 0. The highest BCUT2D eigenvalue weighted by molar-refractivity contribution is 5.84. The monoisotopic (exact) mass is 297 g/mol. The molecule has 0 spiro atoms. The molecular weight excluding hydrogens is 262 g/mol.